The van der Waals surface area contributed by atoms with Crippen LogP contribution in [0.15, 0.2) is 48.7 Å². The number of halogens is 1. The molecule has 6 heteroatoms. The third-order valence-corrected chi connectivity index (χ3v) is 5.82. The summed E-state index contributed by atoms with van der Waals surface area (Å²) in [5.41, 5.74) is 6.14. The van der Waals surface area contributed by atoms with Gasteiger partial charge in [0.05, 0.1) is 16.9 Å². The number of likely N-dealkylation sites (N-methyl/N-ethyl adjacent to an activating group) is 1. The van der Waals surface area contributed by atoms with Crippen LogP contribution in [0.25, 0.3) is 11.3 Å². The van der Waals surface area contributed by atoms with Gasteiger partial charge in [0.1, 0.15) is 0 Å². The van der Waals surface area contributed by atoms with Crippen LogP contribution in [0.3, 0.4) is 0 Å². The number of aryl methyl sites for hydroxylation is 2. The van der Waals surface area contributed by atoms with E-state index in [1.54, 1.807) is 10.9 Å². The molecule has 0 bridgehead atoms. The quantitative estimate of drug-likeness (QED) is 0.674. The number of benzene rings is 2. The van der Waals surface area contributed by atoms with E-state index in [4.69, 9.17) is 11.6 Å². The van der Waals surface area contributed by atoms with Crippen LogP contribution < -0.4 is 5.32 Å². The van der Waals surface area contributed by atoms with E-state index >= 15 is 0 Å². The number of rotatable bonds is 6. The van der Waals surface area contributed by atoms with Gasteiger partial charge < -0.3 is 10.2 Å². The van der Waals surface area contributed by atoms with Gasteiger partial charge in [-0.15, -0.1) is 0 Å². The number of carbonyl (C=O) groups is 1. The average molecular weight is 409 g/mol. The normalized spacial score (nSPS) is 14.3. The van der Waals surface area contributed by atoms with Crippen LogP contribution in [0.5, 0.6) is 0 Å². The van der Waals surface area contributed by atoms with Gasteiger partial charge in [0, 0.05) is 37.3 Å². The Morgan fingerprint density at radius 3 is 2.76 bits per heavy atom. The lowest BCUT2D eigenvalue weighted by atomic mass is 10.0. The number of carbonyl (C=O) groups excluding carboxylic acids is 1. The van der Waals surface area contributed by atoms with Crippen molar-refractivity contribution in [1.82, 2.24) is 20.0 Å². The lowest BCUT2D eigenvalue weighted by Gasteiger charge is -2.28. The molecule has 1 N–H and O–H groups in total. The molecule has 2 heterocycles. The number of fused-ring (bicyclic) bond motifs is 1. The van der Waals surface area contributed by atoms with Gasteiger partial charge in [-0.2, -0.15) is 5.10 Å². The number of hydrogen-bond donors (Lipinski definition) is 1. The zero-order valence-corrected chi connectivity index (χ0v) is 17.7. The highest BCUT2D eigenvalue weighted by Crippen LogP contribution is 2.33. The first kappa shape index (κ1) is 19.7. The highest BCUT2D eigenvalue weighted by molar-refractivity contribution is 6.33. The van der Waals surface area contributed by atoms with E-state index in [-0.39, 0.29) is 11.9 Å². The zero-order valence-electron chi connectivity index (χ0n) is 16.9. The summed E-state index contributed by atoms with van der Waals surface area (Å²) in [6, 6.07) is 14.5. The second-order valence-corrected chi connectivity index (χ2v) is 8.08. The molecule has 1 aromatic heterocycles. The smallest absolute Gasteiger partial charge is 0.254 e. The van der Waals surface area contributed by atoms with Crippen molar-refractivity contribution in [2.24, 2.45) is 7.05 Å². The van der Waals surface area contributed by atoms with Crippen molar-refractivity contribution >= 4 is 17.5 Å². The molecule has 3 aromatic rings. The van der Waals surface area contributed by atoms with Gasteiger partial charge in [-0.05, 0) is 43.7 Å². The molecule has 0 aliphatic carbocycles. The van der Waals surface area contributed by atoms with E-state index in [0.29, 0.717) is 11.6 Å². The zero-order chi connectivity index (χ0) is 20.5. The maximum Gasteiger partial charge on any atom is 0.254 e. The van der Waals surface area contributed by atoms with Crippen molar-refractivity contribution in [1.29, 1.82) is 0 Å². The summed E-state index contributed by atoms with van der Waals surface area (Å²) in [5.74, 6) is 0.0931. The molecule has 1 amide bonds. The number of amides is 1. The summed E-state index contributed by atoms with van der Waals surface area (Å²) in [6.45, 7) is 3.45. The predicted octanol–water partition coefficient (Wildman–Crippen LogP) is 3.84. The summed E-state index contributed by atoms with van der Waals surface area (Å²) in [7, 11) is 3.80. The van der Waals surface area contributed by atoms with E-state index in [2.05, 4.69) is 47.7 Å². The van der Waals surface area contributed by atoms with Crippen LogP contribution in [0.4, 0.5) is 0 Å². The fourth-order valence-electron chi connectivity index (χ4n) is 4.16. The first-order valence-corrected chi connectivity index (χ1v) is 10.2. The van der Waals surface area contributed by atoms with Crippen LogP contribution in [0.2, 0.25) is 5.02 Å². The summed E-state index contributed by atoms with van der Waals surface area (Å²) in [4.78, 5) is 15.1. The van der Waals surface area contributed by atoms with Crippen LogP contribution >= 0.6 is 11.6 Å². The van der Waals surface area contributed by atoms with Gasteiger partial charge >= 0.3 is 0 Å². The van der Waals surface area contributed by atoms with Crippen LogP contribution in [-0.4, -0.2) is 40.2 Å². The molecule has 0 radical (unpaired) electrons. The molecule has 1 aliphatic rings. The molecule has 0 saturated carbocycles. The second-order valence-electron chi connectivity index (χ2n) is 7.67. The maximum atomic E-state index is 13.2. The van der Waals surface area contributed by atoms with Gasteiger partial charge in [0.15, 0.2) is 0 Å². The lowest BCUT2D eigenvalue weighted by Crippen LogP contribution is -2.43. The van der Waals surface area contributed by atoms with E-state index in [1.165, 1.54) is 11.1 Å². The molecule has 4 rings (SSSR count). The molecule has 2 aromatic carbocycles. The summed E-state index contributed by atoms with van der Waals surface area (Å²) < 4.78 is 1.76. The van der Waals surface area contributed by atoms with Crippen molar-refractivity contribution in [2.75, 3.05) is 13.6 Å². The third-order valence-electron chi connectivity index (χ3n) is 5.54. The van der Waals surface area contributed by atoms with Crippen LogP contribution in [-0.2, 0) is 20.0 Å². The highest BCUT2D eigenvalue weighted by Gasteiger charge is 2.33. The summed E-state index contributed by atoms with van der Waals surface area (Å²) in [5, 5.41) is 8.09. The lowest BCUT2D eigenvalue weighted by molar-refractivity contribution is 0.0702. The topological polar surface area (TPSA) is 50.2 Å². The van der Waals surface area contributed by atoms with Gasteiger partial charge in [-0.25, -0.2) is 0 Å². The Kier molecular flexibility index (Phi) is 5.43. The number of nitrogens with one attached hydrogen (secondary N) is 1. The van der Waals surface area contributed by atoms with Crippen LogP contribution in [0, 0.1) is 6.92 Å². The minimum Gasteiger partial charge on any atom is -0.330 e. The van der Waals surface area contributed by atoms with Gasteiger partial charge in [-0.1, -0.05) is 47.5 Å². The van der Waals surface area contributed by atoms with Crippen molar-refractivity contribution < 1.29 is 4.79 Å². The van der Waals surface area contributed by atoms with E-state index in [1.807, 2.05) is 31.1 Å². The molecule has 1 aliphatic heterocycles. The molecule has 1 atom stereocenters. The molecular formula is C23H25ClN4O. The molecule has 1 unspecified atom stereocenters. The Balaban J connectivity index is 1.62. The Morgan fingerprint density at radius 2 is 2.07 bits per heavy atom. The Labute approximate surface area is 176 Å². The number of nitrogens with zero attached hydrogens (tertiary/aromatic N) is 3. The summed E-state index contributed by atoms with van der Waals surface area (Å²) >= 11 is 6.31. The Bertz CT molecular complexity index is 1040. The maximum absolute atomic E-state index is 13.2. The summed E-state index contributed by atoms with van der Waals surface area (Å²) in [6.07, 6.45) is 2.47. The molecule has 0 saturated heterocycles. The van der Waals surface area contributed by atoms with Crippen molar-refractivity contribution in [3.8, 4) is 11.3 Å². The second kappa shape index (κ2) is 8.01. The Morgan fingerprint density at radius 1 is 1.24 bits per heavy atom. The fourth-order valence-corrected chi connectivity index (χ4v) is 4.44. The molecule has 150 valence electrons. The van der Waals surface area contributed by atoms with Gasteiger partial charge in [0.25, 0.3) is 5.91 Å². The monoisotopic (exact) mass is 408 g/mol. The standard InChI is InChI=1S/C23H25ClN4O/c1-15-5-4-6-16(9-15)10-19(12-25-2)28-14-18-11-17(7-8-20(18)23(28)29)22-21(24)13-26-27(22)3/h4-9,11,13,19,25H,10,12,14H2,1-3H3. The van der Waals surface area contributed by atoms with E-state index in [9.17, 15) is 4.79 Å². The third kappa shape index (κ3) is 3.80. The minimum atomic E-state index is 0.0884. The molecule has 0 spiro atoms. The number of hydrogen-bond acceptors (Lipinski definition) is 3. The fraction of sp³-hybridized carbons (Fsp3) is 0.304. The van der Waals surface area contributed by atoms with Crippen molar-refractivity contribution in [3.63, 3.8) is 0 Å². The van der Waals surface area contributed by atoms with Crippen molar-refractivity contribution in [2.45, 2.75) is 25.9 Å². The SMILES string of the molecule is CNCC(Cc1cccc(C)c1)N1Cc2cc(-c3c(Cl)cnn3C)ccc2C1=O. The largest absolute Gasteiger partial charge is 0.330 e. The van der Waals surface area contributed by atoms with Gasteiger partial charge in [0.2, 0.25) is 0 Å². The van der Waals surface area contributed by atoms with Crippen molar-refractivity contribution in [3.05, 3.63) is 75.9 Å². The molecule has 29 heavy (non-hydrogen) atoms. The predicted molar refractivity (Wildman–Crippen MR) is 116 cm³/mol. The van der Waals surface area contributed by atoms with Crippen LogP contribution in [0.1, 0.15) is 27.0 Å². The molecule has 0 fully saturated rings. The van der Waals surface area contributed by atoms with E-state index in [0.717, 1.165) is 35.3 Å². The first-order valence-electron chi connectivity index (χ1n) is 9.80. The molecular weight excluding hydrogens is 384 g/mol. The molecule has 5 nitrogen and oxygen atoms in total. The van der Waals surface area contributed by atoms with Gasteiger partial charge in [-0.3, -0.25) is 9.48 Å². The average Bonchev–Trinajstić information content (AvgIpc) is 3.20. The van der Waals surface area contributed by atoms with E-state index < -0.39 is 0 Å². The Hall–Kier alpha value is -2.63. The number of aromatic nitrogens is 2. The first-order chi connectivity index (χ1) is 14.0. The minimum absolute atomic E-state index is 0.0884. The highest BCUT2D eigenvalue weighted by atomic mass is 35.5.